The number of carboxylic acid groups (broad SMARTS) is 1. The van der Waals surface area contributed by atoms with E-state index in [-0.39, 0.29) is 0 Å². The molecular formula is C10H14N2O3. The average molecular weight is 210 g/mol. The number of rotatable bonds is 1. The number of anilines is 1. The first kappa shape index (κ1) is 13.0. The van der Waals surface area contributed by atoms with Crippen LogP contribution < -0.4 is 11.5 Å². The summed E-state index contributed by atoms with van der Waals surface area (Å²) < 4.78 is 0. The van der Waals surface area contributed by atoms with Crippen molar-refractivity contribution in [3.05, 3.63) is 29.3 Å². The lowest BCUT2D eigenvalue weighted by molar-refractivity contribution is -0.134. The van der Waals surface area contributed by atoms with Crippen LogP contribution in [0.2, 0.25) is 0 Å². The van der Waals surface area contributed by atoms with Crippen LogP contribution >= 0.6 is 0 Å². The summed E-state index contributed by atoms with van der Waals surface area (Å²) in [7, 11) is 0. The first-order chi connectivity index (χ1) is 6.86. The summed E-state index contributed by atoms with van der Waals surface area (Å²) in [6.45, 7) is 2.92. The van der Waals surface area contributed by atoms with Gasteiger partial charge in [0.1, 0.15) is 0 Å². The number of hydrogen-bond donors (Lipinski definition) is 3. The minimum absolute atomic E-state index is 0.394. The Morgan fingerprint density at radius 2 is 1.80 bits per heavy atom. The molecule has 0 aliphatic carbocycles. The fourth-order valence-corrected chi connectivity index (χ4v) is 0.896. The van der Waals surface area contributed by atoms with Crippen LogP contribution in [-0.2, 0) is 4.79 Å². The average Bonchev–Trinajstić information content (AvgIpc) is 2.08. The number of benzene rings is 1. The highest BCUT2D eigenvalue weighted by Gasteiger charge is 2.05. The standard InChI is InChI=1S/C8H10N2O.C2H4O2/c1-5-3-2-4-6(7(5)9)8(10)11;1-2(3)4/h2-4H,9H2,1H3,(H2,10,11);1H3,(H,3,4). The maximum Gasteiger partial charge on any atom is 0.300 e. The van der Waals surface area contributed by atoms with Crippen molar-refractivity contribution in [3.63, 3.8) is 0 Å². The van der Waals surface area contributed by atoms with Crippen LogP contribution in [0.4, 0.5) is 5.69 Å². The number of hydrogen-bond acceptors (Lipinski definition) is 3. The Hall–Kier alpha value is -2.04. The predicted octanol–water partition coefficient (Wildman–Crippen LogP) is 0.767. The summed E-state index contributed by atoms with van der Waals surface area (Å²) >= 11 is 0. The summed E-state index contributed by atoms with van der Waals surface area (Å²) in [5.41, 5.74) is 12.4. The molecule has 1 aromatic carbocycles. The topological polar surface area (TPSA) is 106 Å². The van der Waals surface area contributed by atoms with Gasteiger partial charge in [-0.2, -0.15) is 0 Å². The lowest BCUT2D eigenvalue weighted by Gasteiger charge is -2.02. The smallest absolute Gasteiger partial charge is 0.300 e. The molecule has 0 aromatic heterocycles. The van der Waals surface area contributed by atoms with E-state index < -0.39 is 11.9 Å². The Balaban J connectivity index is 0.000000423. The van der Waals surface area contributed by atoms with Crippen LogP contribution in [-0.4, -0.2) is 17.0 Å². The van der Waals surface area contributed by atoms with E-state index in [1.807, 2.05) is 13.0 Å². The molecule has 0 radical (unpaired) electrons. The van der Waals surface area contributed by atoms with Gasteiger partial charge < -0.3 is 16.6 Å². The molecular weight excluding hydrogens is 196 g/mol. The number of nitrogen functional groups attached to an aromatic ring is 1. The lowest BCUT2D eigenvalue weighted by Crippen LogP contribution is -2.13. The highest BCUT2D eigenvalue weighted by molar-refractivity contribution is 5.98. The summed E-state index contributed by atoms with van der Waals surface area (Å²) in [6.07, 6.45) is 0. The van der Waals surface area contributed by atoms with Gasteiger partial charge in [0.05, 0.1) is 5.56 Å². The molecule has 0 fully saturated rings. The van der Waals surface area contributed by atoms with Crippen molar-refractivity contribution in [2.75, 3.05) is 5.73 Å². The van der Waals surface area contributed by atoms with Crippen molar-refractivity contribution in [2.45, 2.75) is 13.8 Å². The highest BCUT2D eigenvalue weighted by atomic mass is 16.4. The third-order valence-corrected chi connectivity index (χ3v) is 1.59. The fourth-order valence-electron chi connectivity index (χ4n) is 0.896. The van der Waals surface area contributed by atoms with E-state index in [2.05, 4.69) is 0 Å². The zero-order valence-corrected chi connectivity index (χ0v) is 8.65. The second-order valence-corrected chi connectivity index (χ2v) is 2.92. The predicted molar refractivity (Wildman–Crippen MR) is 57.4 cm³/mol. The second-order valence-electron chi connectivity index (χ2n) is 2.92. The Morgan fingerprint density at radius 1 is 1.33 bits per heavy atom. The first-order valence-corrected chi connectivity index (χ1v) is 4.20. The maximum atomic E-state index is 10.7. The van der Waals surface area contributed by atoms with Crippen LogP contribution in [0.25, 0.3) is 0 Å². The third-order valence-electron chi connectivity index (χ3n) is 1.59. The van der Waals surface area contributed by atoms with Gasteiger partial charge in [-0.1, -0.05) is 12.1 Å². The minimum Gasteiger partial charge on any atom is -0.481 e. The number of carboxylic acids is 1. The fraction of sp³-hybridized carbons (Fsp3) is 0.200. The van der Waals surface area contributed by atoms with Gasteiger partial charge in [0.15, 0.2) is 0 Å². The number of amides is 1. The first-order valence-electron chi connectivity index (χ1n) is 4.20. The van der Waals surface area contributed by atoms with Crippen LogP contribution in [0, 0.1) is 6.92 Å². The van der Waals surface area contributed by atoms with E-state index in [1.165, 1.54) is 0 Å². The molecule has 0 saturated heterocycles. The Morgan fingerprint density at radius 3 is 2.13 bits per heavy atom. The van der Waals surface area contributed by atoms with Crippen molar-refractivity contribution in [3.8, 4) is 0 Å². The van der Waals surface area contributed by atoms with E-state index >= 15 is 0 Å². The molecule has 1 amide bonds. The van der Waals surface area contributed by atoms with Gasteiger partial charge in [0.25, 0.3) is 11.9 Å². The van der Waals surface area contributed by atoms with Gasteiger partial charge in [0, 0.05) is 12.6 Å². The van der Waals surface area contributed by atoms with Crippen LogP contribution in [0.5, 0.6) is 0 Å². The molecule has 5 nitrogen and oxygen atoms in total. The van der Waals surface area contributed by atoms with Gasteiger partial charge >= 0.3 is 0 Å². The van der Waals surface area contributed by atoms with E-state index in [4.69, 9.17) is 21.4 Å². The Kier molecular flexibility index (Phi) is 4.87. The monoisotopic (exact) mass is 210 g/mol. The SMILES string of the molecule is CC(=O)O.Cc1cccc(C(N)=O)c1N. The van der Waals surface area contributed by atoms with Gasteiger partial charge in [-0.25, -0.2) is 0 Å². The van der Waals surface area contributed by atoms with Crippen molar-refractivity contribution in [1.29, 1.82) is 0 Å². The summed E-state index contributed by atoms with van der Waals surface area (Å²) in [4.78, 5) is 19.7. The molecule has 82 valence electrons. The van der Waals surface area contributed by atoms with Crippen LogP contribution in [0.3, 0.4) is 0 Å². The van der Waals surface area contributed by atoms with Crippen molar-refractivity contribution < 1.29 is 14.7 Å². The van der Waals surface area contributed by atoms with Gasteiger partial charge in [-0.15, -0.1) is 0 Å². The molecule has 5 heteroatoms. The largest absolute Gasteiger partial charge is 0.481 e. The molecule has 0 unspecified atom stereocenters. The van der Waals surface area contributed by atoms with Gasteiger partial charge in [0.2, 0.25) is 0 Å². The number of carbonyl (C=O) groups excluding carboxylic acids is 1. The molecule has 0 bridgehead atoms. The molecule has 0 heterocycles. The summed E-state index contributed by atoms with van der Waals surface area (Å²) in [5, 5.41) is 7.42. The molecule has 1 rings (SSSR count). The minimum atomic E-state index is -0.833. The molecule has 1 aromatic rings. The summed E-state index contributed by atoms with van der Waals surface area (Å²) in [5.74, 6) is -1.31. The molecule has 0 atom stereocenters. The third kappa shape index (κ3) is 4.66. The van der Waals surface area contributed by atoms with E-state index in [9.17, 15) is 4.79 Å². The number of carbonyl (C=O) groups is 2. The van der Waals surface area contributed by atoms with E-state index in [0.717, 1.165) is 12.5 Å². The number of primary amides is 1. The normalized spacial score (nSPS) is 8.67. The van der Waals surface area contributed by atoms with Crippen molar-refractivity contribution in [1.82, 2.24) is 0 Å². The number of nitrogens with two attached hydrogens (primary N) is 2. The zero-order valence-electron chi connectivity index (χ0n) is 8.65. The zero-order chi connectivity index (χ0) is 12.0. The number of aryl methyl sites for hydroxylation is 1. The molecule has 15 heavy (non-hydrogen) atoms. The molecule has 0 aliphatic heterocycles. The van der Waals surface area contributed by atoms with E-state index in [1.54, 1.807) is 12.1 Å². The van der Waals surface area contributed by atoms with Crippen LogP contribution in [0.15, 0.2) is 18.2 Å². The molecule has 0 aliphatic rings. The maximum absolute atomic E-state index is 10.7. The number of para-hydroxylation sites is 1. The van der Waals surface area contributed by atoms with E-state index in [0.29, 0.717) is 11.3 Å². The molecule has 0 spiro atoms. The molecule has 0 saturated carbocycles. The molecule has 5 N–H and O–H groups in total. The second kappa shape index (κ2) is 5.64. The Labute approximate surface area is 87.7 Å². The number of aliphatic carboxylic acids is 1. The van der Waals surface area contributed by atoms with Crippen molar-refractivity contribution in [2.24, 2.45) is 5.73 Å². The summed E-state index contributed by atoms with van der Waals surface area (Å²) in [6, 6.07) is 5.21. The van der Waals surface area contributed by atoms with Crippen molar-refractivity contribution >= 4 is 17.6 Å². The quantitative estimate of drug-likeness (QED) is 0.595. The Bertz CT molecular complexity index is 371. The lowest BCUT2D eigenvalue weighted by atomic mass is 10.1. The van der Waals surface area contributed by atoms with Gasteiger partial charge in [-0.05, 0) is 18.6 Å². The van der Waals surface area contributed by atoms with Gasteiger partial charge in [-0.3, -0.25) is 9.59 Å². The van der Waals surface area contributed by atoms with Crippen LogP contribution in [0.1, 0.15) is 22.8 Å². The highest BCUT2D eigenvalue weighted by Crippen LogP contribution is 2.14.